The molecule has 0 spiro atoms. The fraction of sp³-hybridized carbons (Fsp3) is 0.889. The van der Waals surface area contributed by atoms with Gasteiger partial charge in [-0.25, -0.2) is 0 Å². The number of hydrogen-bond acceptors (Lipinski definition) is 2. The van der Waals surface area contributed by atoms with E-state index in [1.54, 1.807) is 0 Å². The maximum Gasteiger partial charge on any atom is 0.122 e. The summed E-state index contributed by atoms with van der Waals surface area (Å²) >= 11 is 0. The van der Waals surface area contributed by atoms with E-state index in [0.29, 0.717) is 5.92 Å². The Balaban J connectivity index is 3.79. The van der Waals surface area contributed by atoms with Crippen LogP contribution < -0.4 is 0 Å². The summed E-state index contributed by atoms with van der Waals surface area (Å²) in [5, 5.41) is 9.39. The van der Waals surface area contributed by atoms with Gasteiger partial charge in [-0.05, 0) is 11.8 Å². The van der Waals surface area contributed by atoms with E-state index in [2.05, 4.69) is 13.8 Å². The Labute approximate surface area is 68.6 Å². The molecule has 0 heterocycles. The average molecular weight is 158 g/mol. The van der Waals surface area contributed by atoms with Crippen molar-refractivity contribution < 1.29 is 9.90 Å². The highest BCUT2D eigenvalue weighted by Gasteiger charge is 2.18. The summed E-state index contributed by atoms with van der Waals surface area (Å²) in [4.78, 5) is 10.1. The zero-order valence-corrected chi connectivity index (χ0v) is 7.58. The second-order valence-corrected chi connectivity index (χ2v) is 3.21. The third-order valence-electron chi connectivity index (χ3n) is 2.49. The first-order valence-electron chi connectivity index (χ1n) is 4.25. The molecular weight excluding hydrogens is 140 g/mol. The first-order valence-corrected chi connectivity index (χ1v) is 4.25. The highest BCUT2D eigenvalue weighted by atomic mass is 16.3. The molecule has 3 atom stereocenters. The summed E-state index contributed by atoms with van der Waals surface area (Å²) in [5.41, 5.74) is 0. The lowest BCUT2D eigenvalue weighted by molar-refractivity contribution is -0.110. The highest BCUT2D eigenvalue weighted by Crippen LogP contribution is 2.19. The quantitative estimate of drug-likeness (QED) is 0.617. The summed E-state index contributed by atoms with van der Waals surface area (Å²) in [6.45, 7) is 6.18. The van der Waals surface area contributed by atoms with Crippen LogP contribution in [-0.2, 0) is 4.79 Å². The van der Waals surface area contributed by atoms with Gasteiger partial charge < -0.3 is 9.90 Å². The number of aliphatic hydroxyl groups excluding tert-OH is 1. The van der Waals surface area contributed by atoms with Gasteiger partial charge in [0.1, 0.15) is 6.29 Å². The van der Waals surface area contributed by atoms with Gasteiger partial charge in [-0.1, -0.05) is 27.2 Å². The van der Waals surface area contributed by atoms with E-state index in [0.717, 1.165) is 12.7 Å². The molecule has 11 heavy (non-hydrogen) atoms. The van der Waals surface area contributed by atoms with E-state index in [-0.39, 0.29) is 12.3 Å². The van der Waals surface area contributed by atoms with E-state index in [1.807, 2.05) is 6.92 Å². The van der Waals surface area contributed by atoms with Crippen molar-refractivity contribution in [3.63, 3.8) is 0 Å². The minimum atomic E-state index is -0.456. The van der Waals surface area contributed by atoms with Crippen molar-refractivity contribution in [1.82, 2.24) is 0 Å². The Bertz CT molecular complexity index is 112. The molecule has 0 radical (unpaired) electrons. The molecule has 2 nitrogen and oxygen atoms in total. The molecule has 0 aromatic rings. The van der Waals surface area contributed by atoms with Gasteiger partial charge in [-0.3, -0.25) is 0 Å². The van der Waals surface area contributed by atoms with Gasteiger partial charge in [-0.15, -0.1) is 0 Å². The zero-order chi connectivity index (χ0) is 8.85. The third kappa shape index (κ3) is 3.51. The van der Waals surface area contributed by atoms with Crippen LogP contribution in [0.15, 0.2) is 0 Å². The van der Waals surface area contributed by atoms with Crippen LogP contribution in [-0.4, -0.2) is 17.5 Å². The maximum atomic E-state index is 10.1. The summed E-state index contributed by atoms with van der Waals surface area (Å²) in [6, 6.07) is 0. The molecule has 0 bridgehead atoms. The van der Waals surface area contributed by atoms with Gasteiger partial charge >= 0.3 is 0 Å². The summed E-state index contributed by atoms with van der Waals surface area (Å²) in [5.74, 6) is 0.718. The minimum absolute atomic E-state index is 0.227. The number of carbonyl (C=O) groups excluding carboxylic acids is 1. The van der Waals surface area contributed by atoms with Crippen molar-refractivity contribution in [2.75, 3.05) is 0 Å². The number of aliphatic hydroxyl groups is 1. The van der Waals surface area contributed by atoms with Gasteiger partial charge in [-0.2, -0.15) is 0 Å². The van der Waals surface area contributed by atoms with Crippen LogP contribution in [0.2, 0.25) is 0 Å². The number of rotatable bonds is 5. The largest absolute Gasteiger partial charge is 0.392 e. The average Bonchev–Trinajstić information content (AvgIpc) is 2.02. The Kier molecular flexibility index (Phi) is 5.12. The normalized spacial score (nSPS) is 18.9. The molecule has 0 aliphatic heterocycles. The van der Waals surface area contributed by atoms with E-state index in [4.69, 9.17) is 0 Å². The highest BCUT2D eigenvalue weighted by molar-refractivity contribution is 5.50. The van der Waals surface area contributed by atoms with E-state index in [1.165, 1.54) is 0 Å². The molecule has 1 N–H and O–H groups in total. The molecule has 0 aromatic heterocycles. The molecule has 0 aliphatic carbocycles. The molecule has 2 heteroatoms. The SMILES string of the molecule is CCC(C)C(C)C(O)CC=O. The van der Waals surface area contributed by atoms with Crippen molar-refractivity contribution in [3.8, 4) is 0 Å². The first kappa shape index (κ1) is 10.6. The maximum absolute atomic E-state index is 10.1. The van der Waals surface area contributed by atoms with E-state index < -0.39 is 6.10 Å². The molecule has 0 aliphatic rings. The van der Waals surface area contributed by atoms with E-state index >= 15 is 0 Å². The lowest BCUT2D eigenvalue weighted by Gasteiger charge is -2.22. The van der Waals surface area contributed by atoms with Crippen molar-refractivity contribution in [3.05, 3.63) is 0 Å². The second kappa shape index (κ2) is 5.30. The van der Waals surface area contributed by atoms with Gasteiger partial charge in [0.2, 0.25) is 0 Å². The third-order valence-corrected chi connectivity index (χ3v) is 2.49. The minimum Gasteiger partial charge on any atom is -0.392 e. The number of hydrogen-bond donors (Lipinski definition) is 1. The van der Waals surface area contributed by atoms with Crippen LogP contribution in [0.5, 0.6) is 0 Å². The van der Waals surface area contributed by atoms with Crippen LogP contribution in [0.3, 0.4) is 0 Å². The molecule has 0 amide bonds. The smallest absolute Gasteiger partial charge is 0.122 e. The van der Waals surface area contributed by atoms with Crippen molar-refractivity contribution in [1.29, 1.82) is 0 Å². The van der Waals surface area contributed by atoms with Crippen LogP contribution >= 0.6 is 0 Å². The molecule has 66 valence electrons. The Hall–Kier alpha value is -0.370. The topological polar surface area (TPSA) is 37.3 Å². The molecule has 0 saturated carbocycles. The van der Waals surface area contributed by atoms with Crippen LogP contribution in [0.4, 0.5) is 0 Å². The second-order valence-electron chi connectivity index (χ2n) is 3.21. The van der Waals surface area contributed by atoms with Crippen LogP contribution in [0.25, 0.3) is 0 Å². The monoisotopic (exact) mass is 158 g/mol. The van der Waals surface area contributed by atoms with Crippen LogP contribution in [0.1, 0.15) is 33.6 Å². The Morgan fingerprint density at radius 3 is 2.36 bits per heavy atom. The van der Waals surface area contributed by atoms with Crippen LogP contribution in [0, 0.1) is 11.8 Å². The lowest BCUT2D eigenvalue weighted by Crippen LogP contribution is -2.23. The predicted molar refractivity (Wildman–Crippen MR) is 45.3 cm³/mol. The summed E-state index contributed by atoms with van der Waals surface area (Å²) in [7, 11) is 0. The molecule has 0 aromatic carbocycles. The predicted octanol–water partition coefficient (Wildman–Crippen LogP) is 1.62. The van der Waals surface area contributed by atoms with Crippen molar-refractivity contribution in [2.45, 2.75) is 39.7 Å². The number of carbonyl (C=O) groups is 1. The van der Waals surface area contributed by atoms with Gasteiger partial charge in [0.15, 0.2) is 0 Å². The molecule has 3 unspecified atom stereocenters. The van der Waals surface area contributed by atoms with Gasteiger partial charge in [0, 0.05) is 6.42 Å². The fourth-order valence-corrected chi connectivity index (χ4v) is 1.06. The zero-order valence-electron chi connectivity index (χ0n) is 7.58. The molecule has 0 saturated heterocycles. The van der Waals surface area contributed by atoms with E-state index in [9.17, 15) is 9.90 Å². The lowest BCUT2D eigenvalue weighted by atomic mass is 9.88. The summed E-state index contributed by atoms with van der Waals surface area (Å²) in [6.07, 6.45) is 1.65. The van der Waals surface area contributed by atoms with Gasteiger partial charge in [0.25, 0.3) is 0 Å². The first-order chi connectivity index (χ1) is 5.13. The standard InChI is InChI=1S/C9H18O2/c1-4-7(2)8(3)9(11)5-6-10/h6-9,11H,4-5H2,1-3H3. The van der Waals surface area contributed by atoms with Crippen molar-refractivity contribution in [2.24, 2.45) is 11.8 Å². The van der Waals surface area contributed by atoms with Crippen molar-refractivity contribution >= 4 is 6.29 Å². The Morgan fingerprint density at radius 1 is 1.45 bits per heavy atom. The molecular formula is C9H18O2. The fourth-order valence-electron chi connectivity index (χ4n) is 1.06. The Morgan fingerprint density at radius 2 is 2.00 bits per heavy atom. The van der Waals surface area contributed by atoms with Gasteiger partial charge in [0.05, 0.1) is 6.10 Å². The summed E-state index contributed by atoms with van der Waals surface area (Å²) < 4.78 is 0. The number of aldehydes is 1. The molecule has 0 rings (SSSR count). The molecule has 0 fully saturated rings.